The fourth-order valence-electron chi connectivity index (χ4n) is 4.29. The van der Waals surface area contributed by atoms with E-state index in [1.807, 2.05) is 6.07 Å². The first-order valence-corrected chi connectivity index (χ1v) is 9.92. The van der Waals surface area contributed by atoms with E-state index in [4.69, 9.17) is 25.8 Å². The van der Waals surface area contributed by atoms with Crippen LogP contribution in [0.4, 0.5) is 0 Å². The molecule has 1 aromatic carbocycles. The Hall–Kier alpha value is -0.760. The predicted molar refractivity (Wildman–Crippen MR) is 106 cm³/mol. The molecule has 1 aliphatic carbocycles. The van der Waals surface area contributed by atoms with Crippen molar-refractivity contribution in [3.8, 4) is 11.5 Å². The van der Waals surface area contributed by atoms with Crippen molar-refractivity contribution in [2.75, 3.05) is 39.5 Å². The number of hydrogen-bond acceptors (Lipinski definition) is 6. The van der Waals surface area contributed by atoms with Crippen molar-refractivity contribution < 1.29 is 19.3 Å². The van der Waals surface area contributed by atoms with Gasteiger partial charge in [-0.15, -0.1) is 12.4 Å². The van der Waals surface area contributed by atoms with Crippen molar-refractivity contribution in [3.05, 3.63) is 22.7 Å². The van der Waals surface area contributed by atoms with E-state index < -0.39 is 6.10 Å². The molecule has 2 fully saturated rings. The van der Waals surface area contributed by atoms with E-state index >= 15 is 0 Å². The van der Waals surface area contributed by atoms with E-state index in [0.29, 0.717) is 54.3 Å². The van der Waals surface area contributed by atoms with Crippen molar-refractivity contribution in [3.63, 3.8) is 0 Å². The van der Waals surface area contributed by atoms with Gasteiger partial charge in [0.15, 0.2) is 11.5 Å². The third-order valence-corrected chi connectivity index (χ3v) is 5.89. The van der Waals surface area contributed by atoms with Gasteiger partial charge in [-0.3, -0.25) is 0 Å². The highest BCUT2D eigenvalue weighted by Crippen LogP contribution is 2.39. The van der Waals surface area contributed by atoms with E-state index in [1.165, 1.54) is 12.8 Å². The molecule has 4 unspecified atom stereocenters. The van der Waals surface area contributed by atoms with Crippen LogP contribution in [0.1, 0.15) is 30.9 Å². The maximum absolute atomic E-state index is 10.6. The minimum atomic E-state index is -0.639. The van der Waals surface area contributed by atoms with Crippen molar-refractivity contribution in [1.29, 1.82) is 0 Å². The van der Waals surface area contributed by atoms with Crippen LogP contribution in [0.25, 0.3) is 0 Å². The molecule has 2 aliphatic heterocycles. The number of halogens is 2. The van der Waals surface area contributed by atoms with Crippen molar-refractivity contribution >= 4 is 24.0 Å². The Labute approximate surface area is 171 Å². The monoisotopic (exact) mass is 418 g/mol. The Morgan fingerprint density at radius 3 is 2.89 bits per heavy atom. The van der Waals surface area contributed by atoms with E-state index in [9.17, 15) is 5.11 Å². The van der Waals surface area contributed by atoms with Gasteiger partial charge < -0.3 is 30.0 Å². The number of nitrogens with one attached hydrogen (secondary N) is 2. The minimum Gasteiger partial charge on any atom is -0.486 e. The molecular formula is C19H28Cl2N2O4. The van der Waals surface area contributed by atoms with Gasteiger partial charge in [0.2, 0.25) is 0 Å². The standard InChI is InChI=1S/C19H27ClN2O4.ClH/c20-14-8-12(9-18-19(14)26-7-6-25-18)17(23)10-22-15-3-1-2-13(15)16-11-24-5-4-21-16;/h8-9,13,15-17,21-23H,1-7,10-11H2;1H. The predicted octanol–water partition coefficient (Wildman–Crippen LogP) is 2.31. The van der Waals surface area contributed by atoms with E-state index in [2.05, 4.69) is 10.6 Å². The Balaban J connectivity index is 0.00000210. The molecule has 152 valence electrons. The summed E-state index contributed by atoms with van der Waals surface area (Å²) in [4.78, 5) is 0. The molecule has 0 amide bonds. The lowest BCUT2D eigenvalue weighted by Gasteiger charge is -2.33. The average molecular weight is 419 g/mol. The molecule has 0 spiro atoms. The summed E-state index contributed by atoms with van der Waals surface area (Å²) < 4.78 is 16.8. The van der Waals surface area contributed by atoms with Gasteiger partial charge in [0.25, 0.3) is 0 Å². The first kappa shape index (κ1) is 21.0. The van der Waals surface area contributed by atoms with Gasteiger partial charge in [-0.25, -0.2) is 0 Å². The van der Waals surface area contributed by atoms with Crippen LogP contribution in [0.2, 0.25) is 5.02 Å². The van der Waals surface area contributed by atoms with Gasteiger partial charge in [0.1, 0.15) is 13.2 Å². The molecule has 3 aliphatic rings. The Kier molecular flexibility index (Phi) is 7.48. The zero-order valence-corrected chi connectivity index (χ0v) is 16.9. The molecule has 2 heterocycles. The maximum atomic E-state index is 10.6. The van der Waals surface area contributed by atoms with Crippen LogP contribution >= 0.6 is 24.0 Å². The van der Waals surface area contributed by atoms with E-state index in [-0.39, 0.29) is 12.4 Å². The van der Waals surface area contributed by atoms with Crippen LogP contribution in [0.3, 0.4) is 0 Å². The summed E-state index contributed by atoms with van der Waals surface area (Å²) in [6.07, 6.45) is 2.91. The largest absolute Gasteiger partial charge is 0.486 e. The second kappa shape index (κ2) is 9.63. The average Bonchev–Trinajstić information content (AvgIpc) is 3.15. The summed E-state index contributed by atoms with van der Waals surface area (Å²) in [5.41, 5.74) is 0.750. The molecule has 4 atom stereocenters. The number of hydrogen-bond donors (Lipinski definition) is 3. The topological polar surface area (TPSA) is 72.0 Å². The number of morpholine rings is 1. The zero-order chi connectivity index (χ0) is 17.9. The highest BCUT2D eigenvalue weighted by molar-refractivity contribution is 6.32. The van der Waals surface area contributed by atoms with Gasteiger partial charge >= 0.3 is 0 Å². The second-order valence-corrected chi connectivity index (χ2v) is 7.69. The van der Waals surface area contributed by atoms with Crippen molar-refractivity contribution in [2.45, 2.75) is 37.5 Å². The summed E-state index contributed by atoms with van der Waals surface area (Å²) in [6, 6.07) is 4.40. The molecule has 6 nitrogen and oxygen atoms in total. The zero-order valence-electron chi connectivity index (χ0n) is 15.3. The number of rotatable bonds is 5. The van der Waals surface area contributed by atoms with Crippen molar-refractivity contribution in [1.82, 2.24) is 10.6 Å². The first-order valence-electron chi connectivity index (χ1n) is 9.54. The van der Waals surface area contributed by atoms with Crippen LogP contribution in [0.5, 0.6) is 11.5 Å². The first-order chi connectivity index (χ1) is 12.7. The molecule has 3 N–H and O–H groups in total. The Bertz CT molecular complexity index is 628. The van der Waals surface area contributed by atoms with Crippen molar-refractivity contribution in [2.24, 2.45) is 5.92 Å². The summed E-state index contributed by atoms with van der Waals surface area (Å²) in [7, 11) is 0. The molecule has 1 saturated carbocycles. The second-order valence-electron chi connectivity index (χ2n) is 7.29. The fourth-order valence-corrected chi connectivity index (χ4v) is 4.56. The Morgan fingerprint density at radius 1 is 1.22 bits per heavy atom. The third-order valence-electron chi connectivity index (χ3n) is 5.61. The SMILES string of the molecule is Cl.OC(CNC1CCCC1C1COCCN1)c1cc(Cl)c2c(c1)OCCO2. The smallest absolute Gasteiger partial charge is 0.179 e. The van der Waals surface area contributed by atoms with Gasteiger partial charge in [-0.05, 0) is 36.5 Å². The molecular weight excluding hydrogens is 391 g/mol. The van der Waals surface area contributed by atoms with Crippen LogP contribution < -0.4 is 20.1 Å². The molecule has 4 rings (SSSR count). The normalized spacial score (nSPS) is 28.4. The summed E-state index contributed by atoms with van der Waals surface area (Å²) in [5.74, 6) is 1.73. The van der Waals surface area contributed by atoms with Gasteiger partial charge in [-0.1, -0.05) is 18.0 Å². The molecule has 1 aromatic rings. The molecule has 8 heteroatoms. The fraction of sp³-hybridized carbons (Fsp3) is 0.684. The summed E-state index contributed by atoms with van der Waals surface area (Å²) >= 11 is 6.28. The van der Waals surface area contributed by atoms with E-state index in [0.717, 1.165) is 31.7 Å². The van der Waals surface area contributed by atoms with Crippen LogP contribution in [-0.2, 0) is 4.74 Å². The number of ether oxygens (including phenoxy) is 3. The lowest BCUT2D eigenvalue weighted by Crippen LogP contribution is -2.51. The maximum Gasteiger partial charge on any atom is 0.179 e. The van der Waals surface area contributed by atoms with Gasteiger partial charge in [-0.2, -0.15) is 0 Å². The molecule has 0 bridgehead atoms. The van der Waals surface area contributed by atoms with E-state index in [1.54, 1.807) is 6.07 Å². The number of benzene rings is 1. The van der Waals surface area contributed by atoms with Gasteiger partial charge in [0, 0.05) is 25.2 Å². The third kappa shape index (κ3) is 4.81. The number of fused-ring (bicyclic) bond motifs is 1. The highest BCUT2D eigenvalue weighted by Gasteiger charge is 2.34. The molecule has 0 radical (unpaired) electrons. The van der Waals surface area contributed by atoms with Crippen LogP contribution in [-0.4, -0.2) is 56.7 Å². The molecule has 1 saturated heterocycles. The number of aliphatic hydroxyl groups excluding tert-OH is 1. The number of aliphatic hydroxyl groups is 1. The highest BCUT2D eigenvalue weighted by atomic mass is 35.5. The van der Waals surface area contributed by atoms with Gasteiger partial charge in [0.05, 0.1) is 24.3 Å². The summed E-state index contributed by atoms with van der Waals surface area (Å²) in [5, 5.41) is 18.3. The Morgan fingerprint density at radius 2 is 2.07 bits per heavy atom. The summed E-state index contributed by atoms with van der Waals surface area (Å²) in [6.45, 7) is 3.99. The van der Waals surface area contributed by atoms with Crippen LogP contribution in [0, 0.1) is 5.92 Å². The van der Waals surface area contributed by atoms with Crippen LogP contribution in [0.15, 0.2) is 12.1 Å². The lowest BCUT2D eigenvalue weighted by atomic mass is 9.93. The minimum absolute atomic E-state index is 0. The molecule has 27 heavy (non-hydrogen) atoms. The lowest BCUT2D eigenvalue weighted by molar-refractivity contribution is 0.0512. The molecule has 0 aromatic heterocycles. The quantitative estimate of drug-likeness (QED) is 0.681.